The molecule has 0 atom stereocenters. The first kappa shape index (κ1) is 15.5. The van der Waals surface area contributed by atoms with E-state index in [0.717, 1.165) is 11.3 Å². The molecule has 0 radical (unpaired) electrons. The molecular formula is C14H17N2O4P. The maximum atomic E-state index is 12.6. The Bertz CT molecular complexity index is 671. The number of aromatic nitrogens is 2. The van der Waals surface area contributed by atoms with Crippen LogP contribution in [0.4, 0.5) is 0 Å². The van der Waals surface area contributed by atoms with Gasteiger partial charge in [-0.3, -0.25) is 9.66 Å². The van der Waals surface area contributed by atoms with Crippen LogP contribution in [0.25, 0.3) is 17.2 Å². The molecule has 1 aromatic carbocycles. The molecular weight excluding hydrogens is 291 g/mol. The normalized spacial score (nSPS) is 11.4. The van der Waals surface area contributed by atoms with E-state index in [-0.39, 0.29) is 0 Å². The smallest absolute Gasteiger partial charge is 0.379 e. The van der Waals surface area contributed by atoms with Gasteiger partial charge in [-0.15, -0.1) is 0 Å². The zero-order valence-corrected chi connectivity index (χ0v) is 13.0. The van der Waals surface area contributed by atoms with E-state index in [9.17, 15) is 4.57 Å². The van der Waals surface area contributed by atoms with Crippen molar-refractivity contribution in [2.24, 2.45) is 0 Å². The van der Waals surface area contributed by atoms with Crippen molar-refractivity contribution in [3.63, 3.8) is 0 Å². The quantitative estimate of drug-likeness (QED) is 0.831. The fourth-order valence-electron chi connectivity index (χ4n) is 1.99. The van der Waals surface area contributed by atoms with Gasteiger partial charge in [-0.2, -0.15) is 5.10 Å². The van der Waals surface area contributed by atoms with Crippen molar-refractivity contribution < 1.29 is 18.3 Å². The number of rotatable bonds is 6. The Morgan fingerprint density at radius 3 is 2.29 bits per heavy atom. The van der Waals surface area contributed by atoms with Crippen molar-refractivity contribution in [3.05, 3.63) is 36.5 Å². The zero-order valence-electron chi connectivity index (χ0n) is 12.1. The Kier molecular flexibility index (Phi) is 4.63. The van der Waals surface area contributed by atoms with Gasteiger partial charge < -0.3 is 13.8 Å². The summed E-state index contributed by atoms with van der Waals surface area (Å²) < 4.78 is 27.8. The number of ether oxygens (including phenoxy) is 1. The van der Waals surface area contributed by atoms with E-state index >= 15 is 0 Å². The first-order chi connectivity index (χ1) is 10.1. The number of aromatic amines is 1. The zero-order chi connectivity index (χ0) is 15.5. The highest BCUT2D eigenvalue weighted by atomic mass is 31.2. The van der Waals surface area contributed by atoms with Crippen LogP contribution in [-0.4, -0.2) is 31.5 Å². The van der Waals surface area contributed by atoms with Crippen molar-refractivity contribution in [2.75, 3.05) is 21.3 Å². The molecule has 0 unspecified atom stereocenters. The molecule has 2 aromatic rings. The largest absolute Gasteiger partial charge is 0.497 e. The Morgan fingerprint density at radius 2 is 1.81 bits per heavy atom. The van der Waals surface area contributed by atoms with Gasteiger partial charge in [-0.1, -0.05) is 18.7 Å². The summed E-state index contributed by atoms with van der Waals surface area (Å²) in [6.45, 7) is 3.72. The second-order valence-electron chi connectivity index (χ2n) is 4.13. The van der Waals surface area contributed by atoms with Gasteiger partial charge in [-0.25, -0.2) is 0 Å². The minimum Gasteiger partial charge on any atom is -0.497 e. The average molecular weight is 308 g/mol. The van der Waals surface area contributed by atoms with Gasteiger partial charge in [0.15, 0.2) is 5.44 Å². The van der Waals surface area contributed by atoms with E-state index in [4.69, 9.17) is 13.8 Å². The summed E-state index contributed by atoms with van der Waals surface area (Å²) in [5.41, 5.74) is 2.32. The summed E-state index contributed by atoms with van der Waals surface area (Å²) in [5.74, 6) is 0.727. The molecule has 0 saturated heterocycles. The second kappa shape index (κ2) is 6.26. The summed E-state index contributed by atoms with van der Waals surface area (Å²) in [4.78, 5) is 0. The molecule has 112 valence electrons. The van der Waals surface area contributed by atoms with Crippen LogP contribution in [-0.2, 0) is 13.6 Å². The monoisotopic (exact) mass is 308 g/mol. The predicted octanol–water partition coefficient (Wildman–Crippen LogP) is 2.84. The van der Waals surface area contributed by atoms with Crippen molar-refractivity contribution >= 4 is 19.1 Å². The lowest BCUT2D eigenvalue weighted by Crippen LogP contribution is -2.12. The van der Waals surface area contributed by atoms with E-state index in [1.165, 1.54) is 14.2 Å². The number of methoxy groups -OCH3 is 1. The minimum atomic E-state index is -3.44. The molecule has 0 spiro atoms. The van der Waals surface area contributed by atoms with Gasteiger partial charge in [0.1, 0.15) is 5.75 Å². The predicted molar refractivity (Wildman–Crippen MR) is 81.9 cm³/mol. The topological polar surface area (TPSA) is 73.4 Å². The maximum Gasteiger partial charge on any atom is 0.379 e. The molecule has 0 saturated carbocycles. The summed E-state index contributed by atoms with van der Waals surface area (Å²) in [7, 11) is 0.810. The van der Waals surface area contributed by atoms with E-state index in [1.54, 1.807) is 13.2 Å². The van der Waals surface area contributed by atoms with Crippen molar-refractivity contribution in [2.45, 2.75) is 0 Å². The Hall–Kier alpha value is -1.88. The summed E-state index contributed by atoms with van der Waals surface area (Å²) in [6.07, 6.45) is 1.58. The first-order valence-corrected chi connectivity index (χ1v) is 7.71. The Morgan fingerprint density at radius 1 is 1.19 bits per heavy atom. The summed E-state index contributed by atoms with van der Waals surface area (Å²) >= 11 is 0. The molecule has 0 amide bonds. The highest BCUT2D eigenvalue weighted by molar-refractivity contribution is 7.62. The van der Waals surface area contributed by atoms with Crippen LogP contribution in [0, 0.1) is 0 Å². The van der Waals surface area contributed by atoms with Gasteiger partial charge in [0.05, 0.1) is 12.8 Å². The van der Waals surface area contributed by atoms with Crippen LogP contribution in [0.5, 0.6) is 5.75 Å². The van der Waals surface area contributed by atoms with Crippen molar-refractivity contribution in [1.29, 1.82) is 0 Å². The molecule has 0 aliphatic heterocycles. The van der Waals surface area contributed by atoms with E-state index in [2.05, 4.69) is 16.8 Å². The van der Waals surface area contributed by atoms with Gasteiger partial charge in [0.2, 0.25) is 0 Å². The van der Waals surface area contributed by atoms with Gasteiger partial charge >= 0.3 is 7.60 Å². The molecule has 0 aliphatic rings. The van der Waals surface area contributed by atoms with Gasteiger partial charge in [0, 0.05) is 19.8 Å². The number of H-pyrrole nitrogens is 1. The van der Waals surface area contributed by atoms with Gasteiger partial charge in [-0.05, 0) is 23.8 Å². The molecule has 7 heteroatoms. The Balaban J connectivity index is 2.63. The third kappa shape index (κ3) is 2.78. The van der Waals surface area contributed by atoms with Crippen LogP contribution in [0.15, 0.2) is 30.8 Å². The van der Waals surface area contributed by atoms with Crippen LogP contribution in [0.2, 0.25) is 0 Å². The molecule has 2 rings (SSSR count). The van der Waals surface area contributed by atoms with Crippen molar-refractivity contribution in [3.8, 4) is 16.9 Å². The average Bonchev–Trinajstić information content (AvgIpc) is 2.98. The standard InChI is InChI=1S/C14H17N2O4P/c1-5-12-13(10-6-8-11(18-2)9-7-10)14(16-15-12)21(17,19-3)20-4/h5-9H,1H2,2-4H3,(H,15,16). The van der Waals surface area contributed by atoms with Crippen molar-refractivity contribution in [1.82, 2.24) is 10.2 Å². The summed E-state index contributed by atoms with van der Waals surface area (Å²) in [5, 5.41) is 6.84. The second-order valence-corrected chi connectivity index (χ2v) is 6.30. The molecule has 1 N–H and O–H groups in total. The van der Waals surface area contributed by atoms with Crippen LogP contribution in [0.1, 0.15) is 5.69 Å². The molecule has 0 bridgehead atoms. The van der Waals surface area contributed by atoms with Crippen LogP contribution in [0.3, 0.4) is 0 Å². The molecule has 1 heterocycles. The lowest BCUT2D eigenvalue weighted by atomic mass is 10.1. The third-order valence-corrected chi connectivity index (χ3v) is 4.93. The Labute approximate surface area is 123 Å². The first-order valence-electron chi connectivity index (χ1n) is 6.17. The van der Waals surface area contributed by atoms with E-state index in [0.29, 0.717) is 16.7 Å². The number of hydrogen-bond donors (Lipinski definition) is 1. The number of nitrogens with one attached hydrogen (secondary N) is 1. The fraction of sp³-hybridized carbons (Fsp3) is 0.214. The van der Waals surface area contributed by atoms with Gasteiger partial charge in [0.25, 0.3) is 0 Å². The maximum absolute atomic E-state index is 12.6. The highest BCUT2D eigenvalue weighted by Gasteiger charge is 2.32. The highest BCUT2D eigenvalue weighted by Crippen LogP contribution is 2.47. The molecule has 21 heavy (non-hydrogen) atoms. The number of benzene rings is 1. The van der Waals surface area contributed by atoms with E-state index < -0.39 is 7.60 Å². The molecule has 0 fully saturated rings. The fourth-order valence-corrected chi connectivity index (χ4v) is 3.20. The molecule has 1 aromatic heterocycles. The summed E-state index contributed by atoms with van der Waals surface area (Å²) in [6, 6.07) is 7.30. The lowest BCUT2D eigenvalue weighted by molar-refractivity contribution is 0.286. The molecule has 0 aliphatic carbocycles. The number of nitrogens with zero attached hydrogens (tertiary/aromatic N) is 1. The number of hydrogen-bond acceptors (Lipinski definition) is 5. The minimum absolute atomic E-state index is 0.299. The molecule has 6 nitrogen and oxygen atoms in total. The lowest BCUT2D eigenvalue weighted by Gasteiger charge is -2.14. The van der Waals surface area contributed by atoms with Crippen LogP contribution < -0.4 is 10.2 Å². The van der Waals surface area contributed by atoms with Crippen LogP contribution >= 0.6 is 7.60 Å². The SMILES string of the molecule is C=Cc1n[nH]c(P(=O)(OC)OC)c1-c1ccc(OC)cc1. The van der Waals surface area contributed by atoms with E-state index in [1.807, 2.05) is 24.3 Å². The third-order valence-electron chi connectivity index (χ3n) is 3.10.